The number of hydrogen-bond donors (Lipinski definition) is 0. The molecule has 0 saturated heterocycles. The van der Waals surface area contributed by atoms with Crippen molar-refractivity contribution < 1.29 is 0 Å². The average Bonchev–Trinajstić information content (AvgIpc) is 2.93. The van der Waals surface area contributed by atoms with Crippen molar-refractivity contribution in [2.75, 3.05) is 0 Å². The first-order valence-electron chi connectivity index (χ1n) is 9.81. The molecule has 0 nitrogen and oxygen atoms in total. The minimum Gasteiger partial charge on any atom is -0.0654 e. The highest BCUT2D eigenvalue weighted by atomic mass is 14.5. The second-order valence-electron chi connectivity index (χ2n) is 8.35. The fourth-order valence-electron chi connectivity index (χ4n) is 6.35. The molecule has 0 bridgehead atoms. The van der Waals surface area contributed by atoms with Crippen molar-refractivity contribution >= 4 is 0 Å². The highest BCUT2D eigenvalue weighted by Gasteiger charge is 2.47. The van der Waals surface area contributed by atoms with Crippen molar-refractivity contribution in [3.05, 3.63) is 0 Å². The molecule has 3 saturated carbocycles. The molecule has 0 radical (unpaired) electrons. The first-order valence-corrected chi connectivity index (χ1v) is 9.81. The van der Waals surface area contributed by atoms with E-state index in [0.717, 1.165) is 35.5 Å². The molecule has 0 aromatic heterocycles. The van der Waals surface area contributed by atoms with Crippen LogP contribution in [0.1, 0.15) is 90.9 Å². The Hall–Kier alpha value is 0. The van der Waals surface area contributed by atoms with Crippen LogP contribution < -0.4 is 0 Å². The van der Waals surface area contributed by atoms with Crippen LogP contribution in [-0.2, 0) is 0 Å². The van der Waals surface area contributed by atoms with Gasteiger partial charge in [0.15, 0.2) is 0 Å². The molecule has 3 aliphatic rings. The molecule has 0 aliphatic heterocycles. The summed E-state index contributed by atoms with van der Waals surface area (Å²) in [4.78, 5) is 0. The molecule has 3 rings (SSSR count). The van der Waals surface area contributed by atoms with Gasteiger partial charge in [0, 0.05) is 0 Å². The Morgan fingerprint density at radius 1 is 0.850 bits per heavy atom. The van der Waals surface area contributed by atoms with E-state index in [1.807, 2.05) is 0 Å². The van der Waals surface area contributed by atoms with Crippen LogP contribution in [0.3, 0.4) is 0 Å². The molecule has 0 heterocycles. The summed E-state index contributed by atoms with van der Waals surface area (Å²) in [5.74, 6) is 6.59. The molecule has 0 N–H and O–H groups in total. The van der Waals surface area contributed by atoms with Gasteiger partial charge in [0.2, 0.25) is 0 Å². The normalized spacial score (nSPS) is 42.6. The molecule has 0 aromatic carbocycles. The third kappa shape index (κ3) is 2.95. The van der Waals surface area contributed by atoms with Gasteiger partial charge >= 0.3 is 0 Å². The van der Waals surface area contributed by atoms with Gasteiger partial charge in [-0.2, -0.15) is 0 Å². The molecule has 0 heteroatoms. The maximum Gasteiger partial charge on any atom is -0.0324 e. The fourth-order valence-corrected chi connectivity index (χ4v) is 6.35. The second kappa shape index (κ2) is 6.84. The lowest BCUT2D eigenvalue weighted by atomic mass is 9.56. The number of unbranched alkanes of at least 4 members (excludes halogenated alkanes) is 1. The smallest absolute Gasteiger partial charge is 0.0324 e. The molecule has 3 fully saturated rings. The zero-order valence-corrected chi connectivity index (χ0v) is 13.9. The van der Waals surface area contributed by atoms with E-state index in [1.165, 1.54) is 32.1 Å². The minimum absolute atomic E-state index is 1.02. The summed E-state index contributed by atoms with van der Waals surface area (Å²) in [5, 5.41) is 0. The monoisotopic (exact) mass is 276 g/mol. The SMILES string of the molecule is CCCCC1C(C)CC2CCCC2C1C1CCCCC1. The van der Waals surface area contributed by atoms with Crippen molar-refractivity contribution in [2.45, 2.75) is 90.9 Å². The summed E-state index contributed by atoms with van der Waals surface area (Å²) in [6.45, 7) is 4.98. The molecule has 5 atom stereocenters. The summed E-state index contributed by atoms with van der Waals surface area (Å²) in [5.41, 5.74) is 0. The summed E-state index contributed by atoms with van der Waals surface area (Å²) >= 11 is 0. The van der Waals surface area contributed by atoms with Crippen molar-refractivity contribution in [1.82, 2.24) is 0 Å². The third-order valence-electron chi connectivity index (χ3n) is 7.20. The van der Waals surface area contributed by atoms with Crippen molar-refractivity contribution in [3.8, 4) is 0 Å². The van der Waals surface area contributed by atoms with Crippen LogP contribution in [0.4, 0.5) is 0 Å². The van der Waals surface area contributed by atoms with Crippen molar-refractivity contribution in [2.24, 2.45) is 35.5 Å². The molecular formula is C20H36. The Bertz CT molecular complexity index is 288. The summed E-state index contributed by atoms with van der Waals surface area (Å²) in [6, 6.07) is 0. The predicted molar refractivity (Wildman–Crippen MR) is 87.7 cm³/mol. The zero-order chi connectivity index (χ0) is 13.9. The first-order chi connectivity index (χ1) is 9.81. The molecule has 3 aliphatic carbocycles. The Labute approximate surface area is 127 Å². The van der Waals surface area contributed by atoms with E-state index < -0.39 is 0 Å². The second-order valence-corrected chi connectivity index (χ2v) is 8.35. The molecular weight excluding hydrogens is 240 g/mol. The highest BCUT2D eigenvalue weighted by Crippen LogP contribution is 2.55. The standard InChI is InChI=1S/C20H36/c1-3-4-12-18-15(2)14-17-11-8-13-19(17)20(18)16-9-6-5-7-10-16/h15-20H,3-14H2,1-2H3. The molecule has 0 amide bonds. The lowest BCUT2D eigenvalue weighted by Gasteiger charge is -2.49. The van der Waals surface area contributed by atoms with Gasteiger partial charge in [0.1, 0.15) is 0 Å². The van der Waals surface area contributed by atoms with E-state index >= 15 is 0 Å². The third-order valence-corrected chi connectivity index (χ3v) is 7.20. The minimum atomic E-state index is 1.02. The van der Waals surface area contributed by atoms with Crippen LogP contribution in [0.2, 0.25) is 0 Å². The summed E-state index contributed by atoms with van der Waals surface area (Å²) < 4.78 is 0. The highest BCUT2D eigenvalue weighted by molar-refractivity contribution is 4.96. The predicted octanol–water partition coefficient (Wildman–Crippen LogP) is 6.45. The maximum atomic E-state index is 2.60. The van der Waals surface area contributed by atoms with Gasteiger partial charge in [0.25, 0.3) is 0 Å². The summed E-state index contributed by atoms with van der Waals surface area (Å²) in [7, 11) is 0. The topological polar surface area (TPSA) is 0 Å². The van der Waals surface area contributed by atoms with Crippen LogP contribution in [-0.4, -0.2) is 0 Å². The van der Waals surface area contributed by atoms with Gasteiger partial charge in [-0.25, -0.2) is 0 Å². The van der Waals surface area contributed by atoms with Crippen LogP contribution in [0, 0.1) is 35.5 Å². The van der Waals surface area contributed by atoms with Crippen LogP contribution in [0.15, 0.2) is 0 Å². The maximum absolute atomic E-state index is 2.60. The van der Waals surface area contributed by atoms with Gasteiger partial charge < -0.3 is 0 Å². The Morgan fingerprint density at radius 2 is 1.60 bits per heavy atom. The van der Waals surface area contributed by atoms with E-state index in [-0.39, 0.29) is 0 Å². The van der Waals surface area contributed by atoms with E-state index in [4.69, 9.17) is 0 Å². The van der Waals surface area contributed by atoms with Crippen LogP contribution in [0.25, 0.3) is 0 Å². The largest absolute Gasteiger partial charge is 0.0654 e. The fraction of sp³-hybridized carbons (Fsp3) is 1.00. The molecule has 5 unspecified atom stereocenters. The van der Waals surface area contributed by atoms with Gasteiger partial charge in [-0.15, -0.1) is 0 Å². The molecule has 0 spiro atoms. The van der Waals surface area contributed by atoms with Crippen molar-refractivity contribution in [1.29, 1.82) is 0 Å². The van der Waals surface area contributed by atoms with Gasteiger partial charge in [-0.05, 0) is 54.8 Å². The molecule has 116 valence electrons. The zero-order valence-electron chi connectivity index (χ0n) is 13.9. The van der Waals surface area contributed by atoms with Gasteiger partial charge in [-0.1, -0.05) is 71.6 Å². The molecule has 20 heavy (non-hydrogen) atoms. The van der Waals surface area contributed by atoms with Crippen LogP contribution in [0.5, 0.6) is 0 Å². The number of rotatable bonds is 4. The Morgan fingerprint density at radius 3 is 2.35 bits per heavy atom. The van der Waals surface area contributed by atoms with Gasteiger partial charge in [0.05, 0.1) is 0 Å². The van der Waals surface area contributed by atoms with Crippen LogP contribution >= 0.6 is 0 Å². The summed E-state index contributed by atoms with van der Waals surface area (Å²) in [6.07, 6.45) is 18.4. The van der Waals surface area contributed by atoms with Gasteiger partial charge in [-0.3, -0.25) is 0 Å². The van der Waals surface area contributed by atoms with E-state index in [1.54, 1.807) is 44.9 Å². The van der Waals surface area contributed by atoms with E-state index in [9.17, 15) is 0 Å². The Balaban J connectivity index is 1.76. The lowest BCUT2D eigenvalue weighted by molar-refractivity contribution is 0.00254. The van der Waals surface area contributed by atoms with Crippen molar-refractivity contribution in [3.63, 3.8) is 0 Å². The first kappa shape index (κ1) is 14.9. The van der Waals surface area contributed by atoms with E-state index in [0.29, 0.717) is 0 Å². The Kier molecular flexibility index (Phi) is 5.10. The number of hydrogen-bond acceptors (Lipinski definition) is 0. The number of fused-ring (bicyclic) bond motifs is 1. The lowest BCUT2D eigenvalue weighted by Crippen LogP contribution is -2.41. The quantitative estimate of drug-likeness (QED) is 0.554. The van der Waals surface area contributed by atoms with E-state index in [2.05, 4.69) is 13.8 Å². The average molecular weight is 277 g/mol. The molecule has 0 aromatic rings.